The molecule has 7 heteroatoms. The molecule has 3 rings (SSSR count). The third kappa shape index (κ3) is 5.45. The van der Waals surface area contributed by atoms with Gasteiger partial charge in [-0.15, -0.1) is 12.4 Å². The van der Waals surface area contributed by atoms with Crippen molar-refractivity contribution in [2.24, 2.45) is 5.92 Å². The molecule has 144 valence electrons. The normalized spacial score (nSPS) is 18.9. The average Bonchev–Trinajstić information content (AvgIpc) is 2.64. The van der Waals surface area contributed by atoms with Gasteiger partial charge in [-0.25, -0.2) is 0 Å². The summed E-state index contributed by atoms with van der Waals surface area (Å²) in [5.41, 5.74) is 1.43. The molecule has 2 aromatic rings. The maximum atomic E-state index is 12.7. The number of hydrogen-bond acceptors (Lipinski definition) is 3. The number of amides is 2. The number of hydrogen-bond donors (Lipinski definition) is 3. The number of anilines is 1. The lowest BCUT2D eigenvalue weighted by molar-refractivity contribution is 0.0915. The second kappa shape index (κ2) is 9.74. The minimum atomic E-state index is -0.280. The largest absolute Gasteiger partial charge is 0.349 e. The molecule has 1 aliphatic rings. The van der Waals surface area contributed by atoms with Gasteiger partial charge in [-0.1, -0.05) is 30.7 Å². The lowest BCUT2D eigenvalue weighted by Gasteiger charge is -2.30. The zero-order valence-corrected chi connectivity index (χ0v) is 16.6. The highest BCUT2D eigenvalue weighted by Gasteiger charge is 2.24. The van der Waals surface area contributed by atoms with E-state index in [1.807, 2.05) is 0 Å². The fraction of sp³-hybridized carbons (Fsp3) is 0.300. The Kier molecular flexibility index (Phi) is 7.66. The van der Waals surface area contributed by atoms with E-state index >= 15 is 0 Å². The lowest BCUT2D eigenvalue weighted by Crippen LogP contribution is -2.48. The summed E-state index contributed by atoms with van der Waals surface area (Å²) in [6.07, 6.45) is 0.895. The summed E-state index contributed by atoms with van der Waals surface area (Å²) < 4.78 is 0. The monoisotopic (exact) mass is 407 g/mol. The van der Waals surface area contributed by atoms with Crippen LogP contribution in [0.2, 0.25) is 5.02 Å². The Morgan fingerprint density at radius 3 is 2.48 bits per heavy atom. The van der Waals surface area contributed by atoms with Gasteiger partial charge in [0.2, 0.25) is 0 Å². The molecule has 0 aliphatic carbocycles. The smallest absolute Gasteiger partial charge is 0.255 e. The van der Waals surface area contributed by atoms with Crippen molar-refractivity contribution in [3.8, 4) is 0 Å². The number of halogens is 2. The minimum absolute atomic E-state index is 0. The van der Waals surface area contributed by atoms with Crippen molar-refractivity contribution in [3.05, 3.63) is 64.7 Å². The third-order valence-corrected chi connectivity index (χ3v) is 4.88. The van der Waals surface area contributed by atoms with Crippen molar-refractivity contribution in [2.45, 2.75) is 19.4 Å². The van der Waals surface area contributed by atoms with Crippen LogP contribution in [0, 0.1) is 5.92 Å². The molecule has 27 heavy (non-hydrogen) atoms. The maximum Gasteiger partial charge on any atom is 0.255 e. The fourth-order valence-corrected chi connectivity index (χ4v) is 3.19. The quantitative estimate of drug-likeness (QED) is 0.722. The van der Waals surface area contributed by atoms with Gasteiger partial charge in [0.1, 0.15) is 0 Å². The first kappa shape index (κ1) is 21.2. The van der Waals surface area contributed by atoms with Gasteiger partial charge >= 0.3 is 0 Å². The van der Waals surface area contributed by atoms with Gasteiger partial charge < -0.3 is 16.0 Å². The van der Waals surface area contributed by atoms with Crippen molar-refractivity contribution < 1.29 is 9.59 Å². The number of carbonyl (C=O) groups excluding carboxylic acids is 2. The van der Waals surface area contributed by atoms with E-state index in [-0.39, 0.29) is 30.3 Å². The molecule has 0 spiro atoms. The highest BCUT2D eigenvalue weighted by Crippen LogP contribution is 2.19. The van der Waals surface area contributed by atoms with Gasteiger partial charge in [0.25, 0.3) is 11.8 Å². The van der Waals surface area contributed by atoms with Crippen LogP contribution in [0.5, 0.6) is 0 Å². The SMILES string of the molecule is CC1CNCCC1NC(=O)c1ccccc1NC(=O)c1ccc(Cl)cc1.Cl. The highest BCUT2D eigenvalue weighted by molar-refractivity contribution is 6.30. The minimum Gasteiger partial charge on any atom is -0.349 e. The van der Waals surface area contributed by atoms with Gasteiger partial charge in [0, 0.05) is 16.6 Å². The Morgan fingerprint density at radius 2 is 1.78 bits per heavy atom. The zero-order valence-electron chi connectivity index (χ0n) is 15.0. The number of nitrogens with one attached hydrogen (secondary N) is 3. The van der Waals surface area contributed by atoms with E-state index in [0.717, 1.165) is 19.5 Å². The van der Waals surface area contributed by atoms with Crippen molar-refractivity contribution in [1.29, 1.82) is 0 Å². The van der Waals surface area contributed by atoms with Crippen molar-refractivity contribution in [2.75, 3.05) is 18.4 Å². The van der Waals surface area contributed by atoms with E-state index in [1.54, 1.807) is 48.5 Å². The van der Waals surface area contributed by atoms with E-state index in [0.29, 0.717) is 27.8 Å². The van der Waals surface area contributed by atoms with Crippen molar-refractivity contribution >= 4 is 41.5 Å². The Morgan fingerprint density at radius 1 is 1.07 bits per heavy atom. The molecule has 5 nitrogen and oxygen atoms in total. The second-order valence-electron chi connectivity index (χ2n) is 6.56. The zero-order chi connectivity index (χ0) is 18.5. The molecule has 0 bridgehead atoms. The van der Waals surface area contributed by atoms with Gasteiger partial charge in [0.15, 0.2) is 0 Å². The van der Waals surface area contributed by atoms with Crippen molar-refractivity contribution in [1.82, 2.24) is 10.6 Å². The molecule has 1 heterocycles. The standard InChI is InChI=1S/C20H22ClN3O2.ClH/c1-13-12-22-11-10-17(13)23-20(26)16-4-2-3-5-18(16)24-19(25)14-6-8-15(21)9-7-14;/h2-9,13,17,22H,10-12H2,1H3,(H,23,26)(H,24,25);1H. The summed E-state index contributed by atoms with van der Waals surface area (Å²) in [5, 5.41) is 9.81. The van der Waals surface area contributed by atoms with E-state index in [1.165, 1.54) is 0 Å². The van der Waals surface area contributed by atoms with E-state index < -0.39 is 0 Å². The van der Waals surface area contributed by atoms with Crippen LogP contribution < -0.4 is 16.0 Å². The first-order valence-corrected chi connectivity index (χ1v) is 9.10. The molecule has 0 radical (unpaired) electrons. The van der Waals surface area contributed by atoms with Crippen LogP contribution in [0.1, 0.15) is 34.1 Å². The number of para-hydroxylation sites is 1. The molecule has 1 fully saturated rings. The molecule has 2 atom stereocenters. The molecule has 1 saturated heterocycles. The summed E-state index contributed by atoms with van der Waals surface area (Å²) >= 11 is 5.86. The molecule has 2 aromatic carbocycles. The Balaban J connectivity index is 0.00000261. The summed E-state index contributed by atoms with van der Waals surface area (Å²) in [5.74, 6) is -0.0866. The first-order valence-electron chi connectivity index (χ1n) is 8.72. The van der Waals surface area contributed by atoms with Gasteiger partial charge in [-0.2, -0.15) is 0 Å². The first-order chi connectivity index (χ1) is 12.5. The Labute approximate surface area is 170 Å². The molecule has 0 saturated carbocycles. The van der Waals surface area contributed by atoms with Gasteiger partial charge in [-0.05, 0) is 61.8 Å². The fourth-order valence-electron chi connectivity index (χ4n) is 3.06. The molecule has 2 amide bonds. The summed E-state index contributed by atoms with van der Waals surface area (Å²) in [4.78, 5) is 25.2. The average molecular weight is 408 g/mol. The van der Waals surface area contributed by atoms with Gasteiger partial charge in [0.05, 0.1) is 11.3 Å². The molecular weight excluding hydrogens is 385 g/mol. The van der Waals surface area contributed by atoms with Crippen LogP contribution in [0.25, 0.3) is 0 Å². The summed E-state index contributed by atoms with van der Waals surface area (Å²) in [6, 6.07) is 13.8. The second-order valence-corrected chi connectivity index (χ2v) is 6.99. The summed E-state index contributed by atoms with van der Waals surface area (Å²) in [7, 11) is 0. The van der Waals surface area contributed by atoms with E-state index in [4.69, 9.17) is 11.6 Å². The molecular formula is C20H23Cl2N3O2. The van der Waals surface area contributed by atoms with Crippen LogP contribution in [-0.2, 0) is 0 Å². The Bertz CT molecular complexity index is 796. The van der Waals surface area contributed by atoms with Crippen LogP contribution in [0.15, 0.2) is 48.5 Å². The lowest BCUT2D eigenvalue weighted by atomic mass is 9.95. The van der Waals surface area contributed by atoms with Crippen LogP contribution >= 0.6 is 24.0 Å². The van der Waals surface area contributed by atoms with Crippen LogP contribution in [0.3, 0.4) is 0 Å². The number of benzene rings is 2. The third-order valence-electron chi connectivity index (χ3n) is 4.63. The molecule has 3 N–H and O–H groups in total. The maximum absolute atomic E-state index is 12.7. The predicted molar refractivity (Wildman–Crippen MR) is 111 cm³/mol. The number of carbonyl (C=O) groups is 2. The van der Waals surface area contributed by atoms with E-state index in [9.17, 15) is 9.59 Å². The highest BCUT2D eigenvalue weighted by atomic mass is 35.5. The molecule has 0 aromatic heterocycles. The predicted octanol–water partition coefficient (Wildman–Crippen LogP) is 3.74. The molecule has 2 unspecified atom stereocenters. The van der Waals surface area contributed by atoms with Crippen molar-refractivity contribution in [3.63, 3.8) is 0 Å². The number of rotatable bonds is 4. The Hall–Kier alpha value is -2.08. The van der Waals surface area contributed by atoms with Crippen LogP contribution in [0.4, 0.5) is 5.69 Å². The summed E-state index contributed by atoms with van der Waals surface area (Å²) in [6.45, 7) is 3.90. The van der Waals surface area contributed by atoms with Crippen LogP contribution in [-0.4, -0.2) is 30.9 Å². The van der Waals surface area contributed by atoms with Gasteiger partial charge in [-0.3, -0.25) is 9.59 Å². The number of piperidine rings is 1. The molecule has 1 aliphatic heterocycles. The van der Waals surface area contributed by atoms with E-state index in [2.05, 4.69) is 22.9 Å². The topological polar surface area (TPSA) is 70.2 Å².